The van der Waals surface area contributed by atoms with Crippen LogP contribution in [-0.4, -0.2) is 27.0 Å². The average Bonchev–Trinajstić information content (AvgIpc) is 2.53. The molecule has 5 heteroatoms. The minimum atomic E-state index is -0.264. The zero-order chi connectivity index (χ0) is 15.9. The second-order valence-corrected chi connectivity index (χ2v) is 5.77. The fourth-order valence-corrected chi connectivity index (χ4v) is 2.71. The molecule has 0 radical (unpaired) electrons. The van der Waals surface area contributed by atoms with Gasteiger partial charge in [-0.15, -0.1) is 0 Å². The van der Waals surface area contributed by atoms with Crippen LogP contribution in [0.1, 0.15) is 11.1 Å². The summed E-state index contributed by atoms with van der Waals surface area (Å²) in [6, 6.07) is 10.5. The maximum atomic E-state index is 13.5. The molecule has 0 amide bonds. The van der Waals surface area contributed by atoms with Crippen molar-refractivity contribution in [1.82, 2.24) is 0 Å². The Bertz CT molecular complexity index is 674. The molecule has 2 aromatic rings. The Morgan fingerprint density at radius 3 is 2.55 bits per heavy atom. The Morgan fingerprint density at radius 2 is 1.86 bits per heavy atom. The van der Waals surface area contributed by atoms with Gasteiger partial charge in [-0.1, -0.05) is 18.2 Å². The van der Waals surface area contributed by atoms with E-state index >= 15 is 0 Å². The second kappa shape index (κ2) is 8.12. The Hall–Kier alpha value is -1.63. The van der Waals surface area contributed by atoms with Gasteiger partial charge in [0.15, 0.2) is 0 Å². The van der Waals surface area contributed by atoms with Crippen LogP contribution in [0.3, 0.4) is 0 Å². The van der Waals surface area contributed by atoms with Crippen LogP contribution in [-0.2, 0) is 6.42 Å². The summed E-state index contributed by atoms with van der Waals surface area (Å²) in [6.45, 7) is 0.550. The van der Waals surface area contributed by atoms with Crippen molar-refractivity contribution < 1.29 is 13.9 Å². The third-order valence-corrected chi connectivity index (χ3v) is 4.04. The standard InChI is InChI=1S/C17H17FINO2/c1-21-16-10-15(19)17(22-2)9-12(16)7-8-20-11-13-5-3-4-6-14(13)18/h3-6,9-11H,7-8H2,1-2H3. The fraction of sp³-hybridized carbons (Fsp3) is 0.235. The Labute approximate surface area is 143 Å². The number of benzene rings is 2. The quantitative estimate of drug-likeness (QED) is 0.527. The van der Waals surface area contributed by atoms with Crippen LogP contribution in [0, 0.1) is 9.39 Å². The highest BCUT2D eigenvalue weighted by molar-refractivity contribution is 14.1. The molecule has 0 bridgehead atoms. The van der Waals surface area contributed by atoms with Crippen molar-refractivity contribution >= 4 is 28.8 Å². The molecule has 0 saturated carbocycles. The molecule has 0 spiro atoms. The molecule has 22 heavy (non-hydrogen) atoms. The van der Waals surface area contributed by atoms with E-state index < -0.39 is 0 Å². The van der Waals surface area contributed by atoms with E-state index in [9.17, 15) is 4.39 Å². The van der Waals surface area contributed by atoms with Gasteiger partial charge in [-0.3, -0.25) is 4.99 Å². The van der Waals surface area contributed by atoms with Gasteiger partial charge in [0, 0.05) is 18.3 Å². The highest BCUT2D eigenvalue weighted by atomic mass is 127. The SMILES string of the molecule is COc1cc(CCN=Cc2ccccc2F)c(OC)cc1I. The molecule has 0 atom stereocenters. The Balaban J connectivity index is 2.07. The lowest BCUT2D eigenvalue weighted by molar-refractivity contribution is 0.396. The minimum absolute atomic E-state index is 0.264. The average molecular weight is 413 g/mol. The lowest BCUT2D eigenvalue weighted by Gasteiger charge is -2.11. The number of hydrogen-bond donors (Lipinski definition) is 0. The summed E-state index contributed by atoms with van der Waals surface area (Å²) in [5.74, 6) is 1.36. The molecule has 0 aliphatic carbocycles. The zero-order valence-corrected chi connectivity index (χ0v) is 14.6. The van der Waals surface area contributed by atoms with E-state index in [1.54, 1.807) is 38.6 Å². The first kappa shape index (κ1) is 16.7. The number of hydrogen-bond acceptors (Lipinski definition) is 3. The van der Waals surface area contributed by atoms with E-state index in [1.165, 1.54) is 6.07 Å². The number of nitrogens with zero attached hydrogens (tertiary/aromatic N) is 1. The van der Waals surface area contributed by atoms with Crippen molar-refractivity contribution in [2.24, 2.45) is 4.99 Å². The van der Waals surface area contributed by atoms with E-state index in [1.807, 2.05) is 12.1 Å². The first-order valence-electron chi connectivity index (χ1n) is 6.80. The van der Waals surface area contributed by atoms with Crippen molar-refractivity contribution in [3.05, 3.63) is 56.9 Å². The molecule has 3 nitrogen and oxygen atoms in total. The van der Waals surface area contributed by atoms with Crippen LogP contribution in [0.25, 0.3) is 0 Å². The molecule has 2 rings (SSSR count). The van der Waals surface area contributed by atoms with Crippen LogP contribution >= 0.6 is 22.6 Å². The lowest BCUT2D eigenvalue weighted by atomic mass is 10.1. The van der Waals surface area contributed by atoms with Crippen molar-refractivity contribution in [2.75, 3.05) is 20.8 Å². The summed E-state index contributed by atoms with van der Waals surface area (Å²) < 4.78 is 25.2. The highest BCUT2D eigenvalue weighted by Crippen LogP contribution is 2.30. The molecular formula is C17H17FINO2. The first-order valence-corrected chi connectivity index (χ1v) is 7.88. The van der Waals surface area contributed by atoms with Gasteiger partial charge in [-0.25, -0.2) is 4.39 Å². The largest absolute Gasteiger partial charge is 0.496 e. The smallest absolute Gasteiger partial charge is 0.132 e. The van der Waals surface area contributed by atoms with Crippen LogP contribution in [0.4, 0.5) is 4.39 Å². The third-order valence-electron chi connectivity index (χ3n) is 3.20. The highest BCUT2D eigenvalue weighted by Gasteiger charge is 2.09. The second-order valence-electron chi connectivity index (χ2n) is 4.61. The van der Waals surface area contributed by atoms with Crippen LogP contribution in [0.2, 0.25) is 0 Å². The van der Waals surface area contributed by atoms with Crippen LogP contribution in [0.15, 0.2) is 41.4 Å². The predicted octanol–water partition coefficient (Wildman–Crippen LogP) is 4.11. The number of aliphatic imine (C=N–C) groups is 1. The van der Waals surface area contributed by atoms with Crippen LogP contribution in [0.5, 0.6) is 11.5 Å². The van der Waals surface area contributed by atoms with Crippen molar-refractivity contribution in [2.45, 2.75) is 6.42 Å². The maximum Gasteiger partial charge on any atom is 0.132 e. The molecule has 0 fully saturated rings. The fourth-order valence-electron chi connectivity index (χ4n) is 2.05. The molecule has 0 aliphatic heterocycles. The molecular weight excluding hydrogens is 396 g/mol. The zero-order valence-electron chi connectivity index (χ0n) is 12.5. The summed E-state index contributed by atoms with van der Waals surface area (Å²) in [5, 5.41) is 0. The van der Waals surface area contributed by atoms with Gasteiger partial charge in [0.25, 0.3) is 0 Å². The van der Waals surface area contributed by atoms with E-state index in [0.29, 0.717) is 18.5 Å². The van der Waals surface area contributed by atoms with E-state index in [2.05, 4.69) is 27.6 Å². The molecule has 0 unspecified atom stereocenters. The van der Waals surface area contributed by atoms with E-state index in [4.69, 9.17) is 9.47 Å². The molecule has 0 aliphatic rings. The van der Waals surface area contributed by atoms with Gasteiger partial charge in [0.1, 0.15) is 17.3 Å². The van der Waals surface area contributed by atoms with Crippen molar-refractivity contribution in [3.8, 4) is 11.5 Å². The predicted molar refractivity (Wildman–Crippen MR) is 94.8 cm³/mol. The summed E-state index contributed by atoms with van der Waals surface area (Å²) in [6.07, 6.45) is 2.26. The van der Waals surface area contributed by atoms with Gasteiger partial charge >= 0.3 is 0 Å². The summed E-state index contributed by atoms with van der Waals surface area (Å²) in [5.41, 5.74) is 1.51. The third kappa shape index (κ3) is 4.19. The number of methoxy groups -OCH3 is 2. The topological polar surface area (TPSA) is 30.8 Å². The summed E-state index contributed by atoms with van der Waals surface area (Å²) in [4.78, 5) is 4.29. The van der Waals surface area contributed by atoms with Gasteiger partial charge in [-0.2, -0.15) is 0 Å². The van der Waals surface area contributed by atoms with E-state index in [0.717, 1.165) is 20.6 Å². The van der Waals surface area contributed by atoms with E-state index in [-0.39, 0.29) is 5.82 Å². The molecule has 0 heterocycles. The minimum Gasteiger partial charge on any atom is -0.496 e. The normalized spacial score (nSPS) is 10.9. The summed E-state index contributed by atoms with van der Waals surface area (Å²) in [7, 11) is 3.29. The van der Waals surface area contributed by atoms with Crippen molar-refractivity contribution in [3.63, 3.8) is 0 Å². The first-order chi connectivity index (χ1) is 10.7. The molecule has 0 saturated heterocycles. The molecule has 116 valence electrons. The molecule has 0 N–H and O–H groups in total. The maximum absolute atomic E-state index is 13.5. The van der Waals surface area contributed by atoms with Gasteiger partial charge in [0.2, 0.25) is 0 Å². The summed E-state index contributed by atoms with van der Waals surface area (Å²) >= 11 is 2.21. The molecule has 0 aromatic heterocycles. The van der Waals surface area contributed by atoms with Gasteiger partial charge in [-0.05, 0) is 52.8 Å². The Kier molecular flexibility index (Phi) is 6.18. The molecule has 2 aromatic carbocycles. The van der Waals surface area contributed by atoms with Crippen molar-refractivity contribution in [1.29, 1.82) is 0 Å². The number of ether oxygens (including phenoxy) is 2. The number of rotatable bonds is 6. The lowest BCUT2D eigenvalue weighted by Crippen LogP contribution is -1.98. The Morgan fingerprint density at radius 1 is 1.14 bits per heavy atom. The van der Waals surface area contributed by atoms with Gasteiger partial charge < -0.3 is 9.47 Å². The number of halogens is 2. The van der Waals surface area contributed by atoms with Gasteiger partial charge in [0.05, 0.1) is 17.8 Å². The van der Waals surface area contributed by atoms with Crippen LogP contribution < -0.4 is 9.47 Å². The monoisotopic (exact) mass is 413 g/mol.